The van der Waals surface area contributed by atoms with Gasteiger partial charge in [0.05, 0.1) is 0 Å². The zero-order valence-corrected chi connectivity index (χ0v) is 11.7. The predicted molar refractivity (Wildman–Crippen MR) is 76.7 cm³/mol. The molecule has 1 heterocycles. The number of amides is 1. The van der Waals surface area contributed by atoms with Crippen LogP contribution < -0.4 is 5.32 Å². The fourth-order valence-electron chi connectivity index (χ4n) is 1.78. The Kier molecular flexibility index (Phi) is 4.20. The summed E-state index contributed by atoms with van der Waals surface area (Å²) < 4.78 is 0. The van der Waals surface area contributed by atoms with Gasteiger partial charge < -0.3 is 10.5 Å². The number of hydrogen-bond acceptors (Lipinski definition) is 4. The minimum Gasteiger partial charge on any atom is -0.592 e. The highest BCUT2D eigenvalue weighted by Gasteiger charge is 2.41. The van der Waals surface area contributed by atoms with Crippen molar-refractivity contribution in [3.8, 4) is 0 Å². The summed E-state index contributed by atoms with van der Waals surface area (Å²) in [6.45, 7) is 1.66. The van der Waals surface area contributed by atoms with Gasteiger partial charge in [-0.15, -0.1) is 0 Å². The van der Waals surface area contributed by atoms with Crippen LogP contribution in [-0.4, -0.2) is 15.6 Å². The van der Waals surface area contributed by atoms with E-state index in [0.717, 1.165) is 5.57 Å². The van der Waals surface area contributed by atoms with Crippen molar-refractivity contribution < 1.29 is 9.66 Å². The Morgan fingerprint density at radius 3 is 2.75 bits per heavy atom. The molecule has 1 aliphatic carbocycles. The second kappa shape index (κ2) is 5.88. The van der Waals surface area contributed by atoms with Gasteiger partial charge in [0.15, 0.2) is 4.87 Å². The molecular formula is C14H14ClN3O2. The molecule has 0 spiro atoms. The van der Waals surface area contributed by atoms with E-state index in [2.05, 4.69) is 10.4 Å². The number of rotatable bonds is 2. The second-order valence-corrected chi connectivity index (χ2v) is 5.08. The van der Waals surface area contributed by atoms with Crippen molar-refractivity contribution in [2.45, 2.75) is 18.2 Å². The molecule has 0 aromatic carbocycles. The average molecular weight is 292 g/mol. The molecule has 1 atom stereocenters. The molecular weight excluding hydrogens is 278 g/mol. The first-order valence-electron chi connectivity index (χ1n) is 6.09. The van der Waals surface area contributed by atoms with Crippen LogP contribution in [0.4, 0.5) is 0 Å². The van der Waals surface area contributed by atoms with Gasteiger partial charge in [-0.1, -0.05) is 29.8 Å². The van der Waals surface area contributed by atoms with Gasteiger partial charge >= 0.3 is 5.91 Å². The number of halogens is 1. The number of azo groups is 1. The van der Waals surface area contributed by atoms with Crippen LogP contribution in [0.5, 0.6) is 0 Å². The van der Waals surface area contributed by atoms with Crippen molar-refractivity contribution in [2.75, 3.05) is 0 Å². The molecule has 0 aromatic rings. The highest BCUT2D eigenvalue weighted by Crippen LogP contribution is 2.27. The number of dihydropyridines is 1. The Labute approximate surface area is 121 Å². The van der Waals surface area contributed by atoms with Gasteiger partial charge in [0.25, 0.3) is 0 Å². The largest absolute Gasteiger partial charge is 0.592 e. The summed E-state index contributed by atoms with van der Waals surface area (Å²) in [6.07, 6.45) is 13.9. The maximum atomic E-state index is 12.1. The molecule has 0 fully saturated rings. The summed E-state index contributed by atoms with van der Waals surface area (Å²) in [5.74, 6) is -0.790. The standard InChI is InChI=1S/C14H14ClN3O2/c1-11(12-5-9-16-10-6-12)17-18(20)13(19)14(15)7-3-2-4-8-14/h2-7,9-10,16H,8H2,1H3. The Balaban J connectivity index is 2.22. The third-order valence-corrected chi connectivity index (χ3v) is 3.37. The smallest absolute Gasteiger partial charge is 0.448 e. The van der Waals surface area contributed by atoms with Gasteiger partial charge in [-0.25, -0.2) is 4.79 Å². The van der Waals surface area contributed by atoms with Crippen LogP contribution in [0.1, 0.15) is 13.3 Å². The zero-order valence-electron chi connectivity index (χ0n) is 10.9. The van der Waals surface area contributed by atoms with Crippen LogP contribution in [0.25, 0.3) is 0 Å². The van der Waals surface area contributed by atoms with Crippen molar-refractivity contribution in [2.24, 2.45) is 5.11 Å². The number of allylic oxidation sites excluding steroid dienone is 7. The summed E-state index contributed by atoms with van der Waals surface area (Å²) in [7, 11) is 0. The third-order valence-electron chi connectivity index (χ3n) is 2.93. The minimum atomic E-state index is -1.34. The van der Waals surface area contributed by atoms with Gasteiger partial charge in [-0.3, -0.25) is 0 Å². The predicted octanol–water partition coefficient (Wildman–Crippen LogP) is 2.87. The first-order valence-corrected chi connectivity index (χ1v) is 6.47. The molecule has 0 aromatic heterocycles. The van der Waals surface area contributed by atoms with Crippen LogP contribution in [0.3, 0.4) is 0 Å². The van der Waals surface area contributed by atoms with Crippen molar-refractivity contribution >= 4 is 17.5 Å². The van der Waals surface area contributed by atoms with E-state index in [0.29, 0.717) is 5.70 Å². The van der Waals surface area contributed by atoms with E-state index in [4.69, 9.17) is 11.6 Å². The SMILES string of the molecule is CC(N=[N+]([O-])C(=O)C1(Cl)C=CC=CC1)=C1C=CNC=C1. The molecule has 2 rings (SSSR count). The number of carbonyl (C=O) groups is 1. The van der Waals surface area contributed by atoms with E-state index in [1.807, 2.05) is 0 Å². The van der Waals surface area contributed by atoms with Crippen molar-refractivity contribution in [3.05, 3.63) is 65.3 Å². The van der Waals surface area contributed by atoms with E-state index in [1.54, 1.807) is 49.7 Å². The van der Waals surface area contributed by atoms with Gasteiger partial charge in [0.1, 0.15) is 5.70 Å². The molecule has 1 amide bonds. The topological polar surface area (TPSA) is 67.5 Å². The molecule has 2 aliphatic rings. The van der Waals surface area contributed by atoms with Crippen LogP contribution in [0.15, 0.2) is 65.2 Å². The van der Waals surface area contributed by atoms with E-state index in [9.17, 15) is 10.0 Å². The lowest BCUT2D eigenvalue weighted by molar-refractivity contribution is -0.449. The Morgan fingerprint density at radius 2 is 2.15 bits per heavy atom. The minimum absolute atomic E-state index is 0.0581. The zero-order chi connectivity index (χ0) is 14.6. The summed E-state index contributed by atoms with van der Waals surface area (Å²) in [5.41, 5.74) is 1.19. The monoisotopic (exact) mass is 291 g/mol. The average Bonchev–Trinajstić information content (AvgIpc) is 2.48. The molecule has 0 bridgehead atoms. The maximum Gasteiger partial charge on any atom is 0.448 e. The second-order valence-electron chi connectivity index (χ2n) is 4.41. The number of hydrogen-bond donors (Lipinski definition) is 1. The van der Waals surface area contributed by atoms with Crippen LogP contribution in [0, 0.1) is 5.21 Å². The summed E-state index contributed by atoms with van der Waals surface area (Å²) >= 11 is 6.15. The fraction of sp³-hybridized carbons (Fsp3) is 0.214. The maximum absolute atomic E-state index is 12.1. The van der Waals surface area contributed by atoms with E-state index >= 15 is 0 Å². The van der Waals surface area contributed by atoms with Crippen molar-refractivity contribution in [1.82, 2.24) is 5.32 Å². The quantitative estimate of drug-likeness (QED) is 0.368. The van der Waals surface area contributed by atoms with Gasteiger partial charge in [0.2, 0.25) is 0 Å². The molecule has 20 heavy (non-hydrogen) atoms. The molecule has 1 aliphatic heterocycles. The highest BCUT2D eigenvalue weighted by atomic mass is 35.5. The Morgan fingerprint density at radius 1 is 1.45 bits per heavy atom. The molecule has 5 nitrogen and oxygen atoms in total. The van der Waals surface area contributed by atoms with Crippen LogP contribution in [-0.2, 0) is 4.79 Å². The summed E-state index contributed by atoms with van der Waals surface area (Å²) in [6, 6.07) is 0. The van der Waals surface area contributed by atoms with Crippen molar-refractivity contribution in [1.29, 1.82) is 0 Å². The fourth-order valence-corrected chi connectivity index (χ4v) is 2.01. The van der Waals surface area contributed by atoms with Crippen LogP contribution >= 0.6 is 11.6 Å². The normalized spacial score (nSPS) is 24.7. The summed E-state index contributed by atoms with van der Waals surface area (Å²) in [4.78, 5) is 10.8. The molecule has 1 unspecified atom stereocenters. The number of nitrogens with one attached hydrogen (secondary N) is 1. The Bertz CT molecular complexity index is 586. The number of carbonyl (C=O) groups excluding carboxylic acids is 1. The molecule has 6 heteroatoms. The third kappa shape index (κ3) is 3.05. The molecule has 0 radical (unpaired) electrons. The van der Waals surface area contributed by atoms with Gasteiger partial charge in [-0.05, 0) is 30.0 Å². The van der Waals surface area contributed by atoms with Gasteiger partial charge in [-0.2, -0.15) is 0 Å². The number of nitrogens with zero attached hydrogens (tertiary/aromatic N) is 2. The van der Waals surface area contributed by atoms with Crippen LogP contribution in [0.2, 0.25) is 0 Å². The van der Waals surface area contributed by atoms with Gasteiger partial charge in [0, 0.05) is 29.5 Å². The lowest BCUT2D eigenvalue weighted by Crippen LogP contribution is -2.36. The first kappa shape index (κ1) is 14.3. The van der Waals surface area contributed by atoms with Crippen molar-refractivity contribution in [3.63, 3.8) is 0 Å². The molecule has 0 saturated carbocycles. The molecule has 104 valence electrons. The van der Waals surface area contributed by atoms with E-state index < -0.39 is 10.8 Å². The van der Waals surface area contributed by atoms with E-state index in [1.165, 1.54) is 6.08 Å². The number of alkyl halides is 1. The summed E-state index contributed by atoms with van der Waals surface area (Å²) in [5, 5.41) is 18.5. The lowest BCUT2D eigenvalue weighted by Gasteiger charge is -2.17. The Hall–Kier alpha value is -2.14. The van der Waals surface area contributed by atoms with E-state index in [-0.39, 0.29) is 11.3 Å². The lowest BCUT2D eigenvalue weighted by atomic mass is 9.99. The first-order chi connectivity index (χ1) is 9.53. The highest BCUT2D eigenvalue weighted by molar-refractivity contribution is 6.35. The molecule has 1 N–H and O–H groups in total. The molecule has 0 saturated heterocycles. The number of hydroxylamine groups is 1.